The Morgan fingerprint density at radius 2 is 1.91 bits per heavy atom. The van der Waals surface area contributed by atoms with Crippen molar-refractivity contribution < 1.29 is 5.11 Å². The van der Waals surface area contributed by atoms with E-state index in [-0.39, 0.29) is 17.0 Å². The Hall–Kier alpha value is -2.37. The van der Waals surface area contributed by atoms with E-state index in [1.54, 1.807) is 19.1 Å². The first kappa shape index (κ1) is 15.5. The molecule has 5 nitrogen and oxygen atoms in total. The molecule has 0 saturated heterocycles. The monoisotopic (exact) mass is 329 g/mol. The Morgan fingerprint density at radius 1 is 1.17 bits per heavy atom. The normalized spacial score (nSPS) is 11.0. The summed E-state index contributed by atoms with van der Waals surface area (Å²) in [4.78, 5) is 16.6. The molecule has 0 fully saturated rings. The Bertz CT molecular complexity index is 904. The minimum Gasteiger partial charge on any atom is -0.504 e. The lowest BCUT2D eigenvalue weighted by molar-refractivity contribution is 0.476. The van der Waals surface area contributed by atoms with E-state index >= 15 is 0 Å². The van der Waals surface area contributed by atoms with E-state index < -0.39 is 0 Å². The molecule has 0 aliphatic heterocycles. The number of nitrogens with one attached hydrogen (secondary N) is 1. The maximum absolute atomic E-state index is 12.2. The Morgan fingerprint density at radius 3 is 2.65 bits per heavy atom. The predicted octanol–water partition coefficient (Wildman–Crippen LogP) is 2.65. The van der Waals surface area contributed by atoms with Crippen molar-refractivity contribution in [1.82, 2.24) is 14.7 Å². The molecule has 0 saturated carbocycles. The van der Waals surface area contributed by atoms with Gasteiger partial charge in [-0.1, -0.05) is 23.7 Å². The van der Waals surface area contributed by atoms with Crippen molar-refractivity contribution in [2.75, 3.05) is 0 Å². The second kappa shape index (κ2) is 6.40. The largest absolute Gasteiger partial charge is 0.504 e. The topological polar surface area (TPSA) is 66.6 Å². The Balaban J connectivity index is 1.80. The van der Waals surface area contributed by atoms with Gasteiger partial charge < -0.3 is 10.4 Å². The number of aryl methyl sites for hydroxylation is 1. The van der Waals surface area contributed by atoms with E-state index in [1.165, 1.54) is 10.5 Å². The molecule has 0 amide bonds. The molecule has 0 aliphatic carbocycles. The molecule has 0 radical (unpaired) electrons. The van der Waals surface area contributed by atoms with Gasteiger partial charge in [-0.2, -0.15) is 0 Å². The minimum absolute atomic E-state index is 0.00717. The van der Waals surface area contributed by atoms with Crippen LogP contribution in [0.3, 0.4) is 0 Å². The van der Waals surface area contributed by atoms with Crippen LogP contribution in [-0.2, 0) is 13.1 Å². The number of aromatic hydroxyl groups is 1. The number of hydrogen-bond donors (Lipinski definition) is 2. The van der Waals surface area contributed by atoms with Gasteiger partial charge in [0, 0.05) is 29.9 Å². The number of benzene rings is 1. The molecular formula is C17H16ClN3O2. The first-order valence-corrected chi connectivity index (χ1v) is 7.59. The number of rotatable bonds is 4. The second-order valence-electron chi connectivity index (χ2n) is 5.33. The van der Waals surface area contributed by atoms with Gasteiger partial charge in [-0.05, 0) is 36.8 Å². The average molecular weight is 330 g/mol. The van der Waals surface area contributed by atoms with Crippen molar-refractivity contribution in [2.24, 2.45) is 0 Å². The number of nitrogens with zero attached hydrogens (tertiary/aromatic N) is 2. The SMILES string of the molecule is Cc1ccc(O)c2nc(CNCc3ccc(Cl)cc3)cc(=O)n12. The van der Waals surface area contributed by atoms with Crippen molar-refractivity contribution in [1.29, 1.82) is 0 Å². The van der Waals surface area contributed by atoms with Crippen LogP contribution in [0, 0.1) is 6.92 Å². The Labute approximate surface area is 138 Å². The van der Waals surface area contributed by atoms with Gasteiger partial charge in [0.15, 0.2) is 11.4 Å². The molecule has 0 spiro atoms. The van der Waals surface area contributed by atoms with Crippen molar-refractivity contribution in [3.05, 3.63) is 74.8 Å². The van der Waals surface area contributed by atoms with Gasteiger partial charge in [0.2, 0.25) is 0 Å². The van der Waals surface area contributed by atoms with Gasteiger partial charge >= 0.3 is 0 Å². The van der Waals surface area contributed by atoms with Gasteiger partial charge in [0.05, 0.1) is 5.69 Å². The summed E-state index contributed by atoms with van der Waals surface area (Å²) in [6.45, 7) is 2.87. The summed E-state index contributed by atoms with van der Waals surface area (Å²) in [5.41, 5.74) is 2.49. The van der Waals surface area contributed by atoms with Crippen LogP contribution >= 0.6 is 11.6 Å². The van der Waals surface area contributed by atoms with Crippen LogP contribution in [0.1, 0.15) is 17.0 Å². The summed E-state index contributed by atoms with van der Waals surface area (Å²) in [6, 6.07) is 12.3. The highest BCUT2D eigenvalue weighted by Crippen LogP contribution is 2.16. The number of pyridine rings is 1. The zero-order valence-corrected chi connectivity index (χ0v) is 13.3. The van der Waals surface area contributed by atoms with Gasteiger partial charge in [0.25, 0.3) is 5.56 Å². The van der Waals surface area contributed by atoms with E-state index in [0.717, 1.165) is 11.3 Å². The van der Waals surface area contributed by atoms with Crippen LogP contribution in [0.15, 0.2) is 47.3 Å². The van der Waals surface area contributed by atoms with Crippen molar-refractivity contribution in [3.8, 4) is 5.75 Å². The van der Waals surface area contributed by atoms with Gasteiger partial charge in [0.1, 0.15) is 0 Å². The molecule has 0 bridgehead atoms. The lowest BCUT2D eigenvalue weighted by Gasteiger charge is -2.09. The molecule has 2 heterocycles. The van der Waals surface area contributed by atoms with E-state index in [1.807, 2.05) is 24.3 Å². The zero-order valence-electron chi connectivity index (χ0n) is 12.6. The third-order valence-corrected chi connectivity index (χ3v) is 3.84. The Kier molecular flexibility index (Phi) is 4.32. The fourth-order valence-corrected chi connectivity index (χ4v) is 2.54. The average Bonchev–Trinajstić information content (AvgIpc) is 2.53. The van der Waals surface area contributed by atoms with Crippen LogP contribution in [0.2, 0.25) is 5.02 Å². The van der Waals surface area contributed by atoms with Crippen molar-refractivity contribution >= 4 is 17.2 Å². The summed E-state index contributed by atoms with van der Waals surface area (Å²) in [6.07, 6.45) is 0. The standard InChI is InChI=1S/C17H16ClN3O2/c1-11-2-7-15(22)17-20-14(8-16(23)21(11)17)10-19-9-12-3-5-13(18)6-4-12/h2-8,19,22H,9-10H2,1H3. The maximum atomic E-state index is 12.2. The van der Waals surface area contributed by atoms with Gasteiger partial charge in [-0.25, -0.2) is 4.98 Å². The molecule has 0 unspecified atom stereocenters. The molecule has 2 N–H and O–H groups in total. The summed E-state index contributed by atoms with van der Waals surface area (Å²) in [5.74, 6) is -0.00717. The molecule has 2 aromatic heterocycles. The van der Waals surface area contributed by atoms with Crippen molar-refractivity contribution in [3.63, 3.8) is 0 Å². The molecular weight excluding hydrogens is 314 g/mol. The first-order valence-electron chi connectivity index (χ1n) is 7.21. The third kappa shape index (κ3) is 3.36. The van der Waals surface area contributed by atoms with Crippen LogP contribution in [-0.4, -0.2) is 14.5 Å². The fourth-order valence-electron chi connectivity index (χ4n) is 2.42. The van der Waals surface area contributed by atoms with E-state index in [0.29, 0.717) is 23.8 Å². The van der Waals surface area contributed by atoms with Gasteiger partial charge in [-0.15, -0.1) is 0 Å². The quantitative estimate of drug-likeness (QED) is 0.772. The molecule has 6 heteroatoms. The minimum atomic E-state index is -0.202. The molecule has 0 atom stereocenters. The summed E-state index contributed by atoms with van der Waals surface area (Å²) in [7, 11) is 0. The van der Waals surface area contributed by atoms with Crippen molar-refractivity contribution in [2.45, 2.75) is 20.0 Å². The summed E-state index contributed by atoms with van der Waals surface area (Å²) >= 11 is 5.85. The summed E-state index contributed by atoms with van der Waals surface area (Å²) < 4.78 is 1.40. The fraction of sp³-hybridized carbons (Fsp3) is 0.176. The number of hydrogen-bond acceptors (Lipinski definition) is 4. The molecule has 1 aromatic carbocycles. The lowest BCUT2D eigenvalue weighted by Crippen LogP contribution is -2.21. The molecule has 118 valence electrons. The highest BCUT2D eigenvalue weighted by atomic mass is 35.5. The van der Waals surface area contributed by atoms with E-state index in [4.69, 9.17) is 11.6 Å². The van der Waals surface area contributed by atoms with Crippen LogP contribution < -0.4 is 10.9 Å². The lowest BCUT2D eigenvalue weighted by atomic mass is 10.2. The highest BCUT2D eigenvalue weighted by molar-refractivity contribution is 6.30. The number of halogens is 1. The van der Waals surface area contributed by atoms with E-state index in [2.05, 4.69) is 10.3 Å². The van der Waals surface area contributed by atoms with Crippen LogP contribution in [0.5, 0.6) is 5.75 Å². The van der Waals surface area contributed by atoms with Gasteiger partial charge in [-0.3, -0.25) is 9.20 Å². The number of aromatic nitrogens is 2. The molecule has 0 aliphatic rings. The molecule has 3 rings (SSSR count). The van der Waals surface area contributed by atoms with E-state index in [9.17, 15) is 9.90 Å². The first-order chi connectivity index (χ1) is 11.0. The smallest absolute Gasteiger partial charge is 0.258 e. The van der Waals surface area contributed by atoms with Crippen LogP contribution in [0.25, 0.3) is 5.65 Å². The zero-order chi connectivity index (χ0) is 16.4. The predicted molar refractivity (Wildman–Crippen MR) is 89.9 cm³/mol. The highest BCUT2D eigenvalue weighted by Gasteiger charge is 2.08. The molecule has 3 aromatic rings. The maximum Gasteiger partial charge on any atom is 0.258 e. The van der Waals surface area contributed by atoms with Crippen LogP contribution in [0.4, 0.5) is 0 Å². The number of fused-ring (bicyclic) bond motifs is 1. The molecule has 23 heavy (non-hydrogen) atoms. The second-order valence-corrected chi connectivity index (χ2v) is 5.77. The summed E-state index contributed by atoms with van der Waals surface area (Å²) in [5, 5.41) is 13.8. The third-order valence-electron chi connectivity index (χ3n) is 3.58.